The van der Waals surface area contributed by atoms with Gasteiger partial charge in [-0.25, -0.2) is 4.90 Å². The van der Waals surface area contributed by atoms with Crippen LogP contribution < -0.4 is 9.64 Å². The van der Waals surface area contributed by atoms with E-state index in [1.807, 2.05) is 6.92 Å². The van der Waals surface area contributed by atoms with E-state index < -0.39 is 5.41 Å². The third-order valence-corrected chi connectivity index (χ3v) is 6.51. The predicted molar refractivity (Wildman–Crippen MR) is 103 cm³/mol. The lowest BCUT2D eigenvalue weighted by molar-refractivity contribution is -0.127. The van der Waals surface area contributed by atoms with E-state index in [1.165, 1.54) is 4.90 Å². The van der Waals surface area contributed by atoms with Crippen molar-refractivity contribution in [3.8, 4) is 11.5 Å². The highest BCUT2D eigenvalue weighted by Gasteiger charge is 2.67. The summed E-state index contributed by atoms with van der Waals surface area (Å²) in [6.07, 6.45) is 5.13. The Hall–Kier alpha value is -2.59. The molecule has 0 N–H and O–H groups in total. The molecule has 27 heavy (non-hydrogen) atoms. The average Bonchev–Trinajstić information content (AvgIpc) is 3.30. The molecule has 5 heteroatoms. The fraction of sp³-hybridized carbons (Fsp3) is 0.273. The number of hydrogen-bond acceptors (Lipinski definition) is 3. The Morgan fingerprint density at radius 2 is 1.63 bits per heavy atom. The molecular weight excluding hydrogens is 362 g/mol. The molecule has 2 fully saturated rings. The van der Waals surface area contributed by atoms with E-state index in [0.29, 0.717) is 22.2 Å². The summed E-state index contributed by atoms with van der Waals surface area (Å²) in [6, 6.07) is 14.2. The molecule has 0 spiro atoms. The molecule has 4 nitrogen and oxygen atoms in total. The number of hydrogen-bond donors (Lipinski definition) is 0. The van der Waals surface area contributed by atoms with E-state index in [4.69, 9.17) is 16.3 Å². The maximum Gasteiger partial charge on any atom is 0.241 e. The Balaban J connectivity index is 1.40. The highest BCUT2D eigenvalue weighted by molar-refractivity contribution is 6.30. The van der Waals surface area contributed by atoms with Gasteiger partial charge in [0.15, 0.2) is 0 Å². The van der Waals surface area contributed by atoms with Crippen molar-refractivity contribution in [2.24, 2.45) is 23.2 Å². The van der Waals surface area contributed by atoms with Gasteiger partial charge in [0.25, 0.3) is 0 Å². The summed E-state index contributed by atoms with van der Waals surface area (Å²) in [5.74, 6) is 1.27. The molecule has 2 aliphatic carbocycles. The van der Waals surface area contributed by atoms with Crippen LogP contribution in [0, 0.1) is 23.2 Å². The van der Waals surface area contributed by atoms with Crippen LogP contribution in [0.25, 0.3) is 0 Å². The van der Waals surface area contributed by atoms with Gasteiger partial charge in [0, 0.05) is 5.02 Å². The van der Waals surface area contributed by atoms with Gasteiger partial charge < -0.3 is 4.74 Å². The van der Waals surface area contributed by atoms with E-state index in [9.17, 15) is 9.59 Å². The van der Waals surface area contributed by atoms with E-state index in [-0.39, 0.29) is 29.6 Å². The molecule has 2 aromatic carbocycles. The third kappa shape index (κ3) is 2.29. The largest absolute Gasteiger partial charge is 0.457 e. The first kappa shape index (κ1) is 16.6. The van der Waals surface area contributed by atoms with Crippen LogP contribution in [0.2, 0.25) is 5.02 Å². The van der Waals surface area contributed by atoms with Gasteiger partial charge in [-0.15, -0.1) is 0 Å². The Morgan fingerprint density at radius 3 is 2.26 bits per heavy atom. The van der Waals surface area contributed by atoms with Crippen molar-refractivity contribution in [1.29, 1.82) is 0 Å². The van der Waals surface area contributed by atoms with E-state index in [2.05, 4.69) is 12.2 Å². The Kier molecular flexibility index (Phi) is 3.50. The van der Waals surface area contributed by atoms with Gasteiger partial charge in [0.2, 0.25) is 11.8 Å². The van der Waals surface area contributed by atoms with Gasteiger partial charge in [0.1, 0.15) is 11.5 Å². The van der Waals surface area contributed by atoms with Crippen molar-refractivity contribution in [3.63, 3.8) is 0 Å². The summed E-state index contributed by atoms with van der Waals surface area (Å²) in [5.41, 5.74) is -0.00176. The third-order valence-electron chi connectivity index (χ3n) is 6.26. The van der Waals surface area contributed by atoms with Gasteiger partial charge in [0.05, 0.1) is 17.0 Å². The van der Waals surface area contributed by atoms with Gasteiger partial charge in [-0.3, -0.25) is 9.59 Å². The molecule has 1 saturated heterocycles. The smallest absolute Gasteiger partial charge is 0.241 e. The van der Waals surface area contributed by atoms with Crippen LogP contribution in [0.3, 0.4) is 0 Å². The maximum absolute atomic E-state index is 13.1. The van der Waals surface area contributed by atoms with Gasteiger partial charge in [-0.05, 0) is 73.7 Å². The zero-order valence-corrected chi connectivity index (χ0v) is 15.5. The van der Waals surface area contributed by atoms with Crippen molar-refractivity contribution in [3.05, 3.63) is 65.7 Å². The number of amides is 2. The lowest BCUT2D eigenvalue weighted by Gasteiger charge is -2.28. The van der Waals surface area contributed by atoms with Crippen LogP contribution in [-0.4, -0.2) is 11.8 Å². The fourth-order valence-electron chi connectivity index (χ4n) is 4.85. The molecular formula is C22H18ClNO3. The summed E-state index contributed by atoms with van der Waals surface area (Å²) in [6.45, 7) is 1.95. The Labute approximate surface area is 162 Å². The van der Waals surface area contributed by atoms with Gasteiger partial charge >= 0.3 is 0 Å². The van der Waals surface area contributed by atoms with Crippen LogP contribution >= 0.6 is 11.6 Å². The highest BCUT2D eigenvalue weighted by Crippen LogP contribution is 2.60. The standard InChI is InChI=1S/C22H18ClNO3/c1-22-14-3-2-13(12-14)19(22)20(25)24(21(22)26)16-6-10-18(11-7-16)27-17-8-4-15(23)5-9-17/h2-11,13-14,19H,12H2,1H3/t13-,14-,19+,22-/m1/s1. The number of halogens is 1. The predicted octanol–water partition coefficient (Wildman–Crippen LogP) is 4.83. The van der Waals surface area contributed by atoms with Crippen molar-refractivity contribution in [1.82, 2.24) is 0 Å². The Morgan fingerprint density at radius 1 is 1.00 bits per heavy atom. The second-order valence-electron chi connectivity index (χ2n) is 7.68. The number of carbonyl (C=O) groups is 2. The Bertz CT molecular complexity index is 966. The number of allylic oxidation sites excluding steroid dienone is 2. The zero-order chi connectivity index (χ0) is 18.8. The fourth-order valence-corrected chi connectivity index (χ4v) is 4.98. The van der Waals surface area contributed by atoms with Crippen LogP contribution in [0.4, 0.5) is 5.69 Å². The van der Waals surface area contributed by atoms with Crippen molar-refractivity contribution < 1.29 is 14.3 Å². The molecule has 2 bridgehead atoms. The van der Waals surface area contributed by atoms with Gasteiger partial charge in [-0.1, -0.05) is 23.8 Å². The normalized spacial score (nSPS) is 30.9. The molecule has 0 radical (unpaired) electrons. The molecule has 1 heterocycles. The lowest BCUT2D eigenvalue weighted by atomic mass is 9.71. The van der Waals surface area contributed by atoms with Crippen molar-refractivity contribution in [2.75, 3.05) is 4.90 Å². The molecule has 136 valence electrons. The lowest BCUT2D eigenvalue weighted by Crippen LogP contribution is -2.37. The second-order valence-corrected chi connectivity index (χ2v) is 8.12. The summed E-state index contributed by atoms with van der Waals surface area (Å²) in [4.78, 5) is 27.5. The summed E-state index contributed by atoms with van der Waals surface area (Å²) < 4.78 is 5.79. The van der Waals surface area contributed by atoms with Crippen LogP contribution in [0.5, 0.6) is 11.5 Å². The van der Waals surface area contributed by atoms with E-state index >= 15 is 0 Å². The van der Waals surface area contributed by atoms with Crippen LogP contribution in [-0.2, 0) is 9.59 Å². The minimum Gasteiger partial charge on any atom is -0.457 e. The average molecular weight is 380 g/mol. The number of rotatable bonds is 3. The summed E-state index contributed by atoms with van der Waals surface area (Å²) in [7, 11) is 0. The first-order valence-electron chi connectivity index (χ1n) is 9.08. The molecule has 0 aromatic heterocycles. The zero-order valence-electron chi connectivity index (χ0n) is 14.8. The number of benzene rings is 2. The number of nitrogens with zero attached hydrogens (tertiary/aromatic N) is 1. The highest BCUT2D eigenvalue weighted by atomic mass is 35.5. The topological polar surface area (TPSA) is 46.6 Å². The second kappa shape index (κ2) is 5.70. The molecule has 5 rings (SSSR count). The van der Waals surface area contributed by atoms with E-state index in [0.717, 1.165) is 6.42 Å². The molecule has 1 saturated carbocycles. The van der Waals surface area contributed by atoms with Crippen LogP contribution in [0.15, 0.2) is 60.7 Å². The van der Waals surface area contributed by atoms with Crippen LogP contribution in [0.1, 0.15) is 13.3 Å². The molecule has 2 amide bonds. The number of fused-ring (bicyclic) bond motifs is 5. The van der Waals surface area contributed by atoms with E-state index in [1.54, 1.807) is 48.5 Å². The number of imide groups is 1. The maximum atomic E-state index is 13.1. The SMILES string of the molecule is C[C@]12C(=O)N(c3ccc(Oc4ccc(Cl)cc4)cc3)C(=O)[C@@H]1[C@@H]1C=C[C@@H]2C1. The molecule has 3 aliphatic rings. The molecule has 4 atom stereocenters. The monoisotopic (exact) mass is 379 g/mol. The van der Waals surface area contributed by atoms with Crippen molar-refractivity contribution >= 4 is 29.1 Å². The summed E-state index contributed by atoms with van der Waals surface area (Å²) in [5, 5.41) is 0.645. The van der Waals surface area contributed by atoms with Gasteiger partial charge in [-0.2, -0.15) is 0 Å². The van der Waals surface area contributed by atoms with Crippen molar-refractivity contribution in [2.45, 2.75) is 13.3 Å². The minimum atomic E-state index is -0.602. The molecule has 0 unspecified atom stereocenters. The number of ether oxygens (including phenoxy) is 1. The first-order chi connectivity index (χ1) is 13.0. The number of carbonyl (C=O) groups excluding carboxylic acids is 2. The molecule has 2 aromatic rings. The minimum absolute atomic E-state index is 0.0780. The summed E-state index contributed by atoms with van der Waals surface area (Å²) >= 11 is 5.88. The number of anilines is 1. The molecule has 1 aliphatic heterocycles. The quantitative estimate of drug-likeness (QED) is 0.566. The first-order valence-corrected chi connectivity index (χ1v) is 9.46.